The van der Waals surface area contributed by atoms with Gasteiger partial charge in [0.1, 0.15) is 11.3 Å². The molecule has 0 aliphatic heterocycles. The molecule has 0 aliphatic rings. The molecule has 0 heterocycles. The molecule has 1 aromatic carbocycles. The first-order valence-corrected chi connectivity index (χ1v) is 6.37. The Morgan fingerprint density at radius 2 is 2.25 bits per heavy atom. The minimum Gasteiger partial charge on any atom is -0.508 e. The summed E-state index contributed by atoms with van der Waals surface area (Å²) in [6.45, 7) is 1.80. The molecule has 0 unspecified atom stereocenters. The molecular formula is C8H7BINO4S. The molecule has 0 aromatic heterocycles. The maximum atomic E-state index is 11.7. The van der Waals surface area contributed by atoms with Crippen LogP contribution in [0.5, 0.6) is 5.75 Å². The van der Waals surface area contributed by atoms with E-state index in [9.17, 15) is 20.0 Å². The van der Waals surface area contributed by atoms with Crippen LogP contribution >= 0.6 is 34.0 Å². The fraction of sp³-hybridized carbons (Fsp3) is 0.125. The molecular weight excluding hydrogens is 344 g/mol. The van der Waals surface area contributed by atoms with Crippen molar-refractivity contribution in [2.75, 3.05) is 0 Å². The van der Waals surface area contributed by atoms with Crippen LogP contribution in [0, 0.1) is 10.1 Å². The third kappa shape index (κ3) is 3.37. The lowest BCUT2D eigenvalue weighted by Gasteiger charge is -2.02. The van der Waals surface area contributed by atoms with Gasteiger partial charge in [-0.05, 0) is 12.1 Å². The summed E-state index contributed by atoms with van der Waals surface area (Å²) in [6, 6.07) is 3.43. The van der Waals surface area contributed by atoms with E-state index >= 15 is 0 Å². The highest BCUT2D eigenvalue weighted by Gasteiger charge is 2.22. The van der Waals surface area contributed by atoms with Crippen molar-refractivity contribution < 1.29 is 14.8 Å². The first-order chi connectivity index (χ1) is 7.41. The zero-order valence-corrected chi connectivity index (χ0v) is 11.2. The smallest absolute Gasteiger partial charge is 0.288 e. The zero-order chi connectivity index (χ0) is 12.3. The normalized spacial score (nSPS) is 9.88. The number of benzene rings is 1. The lowest BCUT2D eigenvalue weighted by molar-refractivity contribution is -0.385. The summed E-state index contributed by atoms with van der Waals surface area (Å²) in [5.41, 5.74) is -0.356. The van der Waals surface area contributed by atoms with E-state index in [-0.39, 0.29) is 20.8 Å². The predicted octanol–water partition coefficient (Wildman–Crippen LogP) is 2.73. The molecule has 1 rings (SSSR count). The largest absolute Gasteiger partial charge is 0.508 e. The van der Waals surface area contributed by atoms with Crippen LogP contribution in [-0.4, -0.2) is 19.0 Å². The van der Waals surface area contributed by atoms with Crippen LogP contribution in [0.15, 0.2) is 18.2 Å². The summed E-state index contributed by atoms with van der Waals surface area (Å²) in [5.74, 6) is -0.157. The number of aromatic hydroxyl groups is 1. The van der Waals surface area contributed by atoms with Gasteiger partial charge in [0.2, 0.25) is 5.12 Å². The van der Waals surface area contributed by atoms with E-state index < -0.39 is 10.0 Å². The molecule has 0 aliphatic carbocycles. The summed E-state index contributed by atoms with van der Waals surface area (Å²) >= 11 is 3.01. The van der Waals surface area contributed by atoms with Crippen molar-refractivity contribution >= 4 is 48.6 Å². The second-order valence-corrected chi connectivity index (χ2v) is 6.93. The number of nitrogens with zero attached hydrogens (tertiary/aromatic N) is 1. The fourth-order valence-electron chi connectivity index (χ4n) is 1.06. The van der Waals surface area contributed by atoms with E-state index in [4.69, 9.17) is 0 Å². The van der Waals surface area contributed by atoms with Crippen molar-refractivity contribution in [2.45, 2.75) is 6.82 Å². The molecule has 16 heavy (non-hydrogen) atoms. The number of hydrogen-bond acceptors (Lipinski definition) is 5. The Morgan fingerprint density at radius 3 is 2.75 bits per heavy atom. The molecule has 0 saturated heterocycles. The first-order valence-electron chi connectivity index (χ1n) is 4.24. The fourth-order valence-corrected chi connectivity index (χ4v) is 2.34. The van der Waals surface area contributed by atoms with Crippen molar-refractivity contribution in [3.63, 3.8) is 0 Å². The Bertz CT molecular complexity index is 440. The Labute approximate surface area is 110 Å². The highest BCUT2D eigenvalue weighted by Crippen LogP contribution is 2.28. The Hall–Kier alpha value is -0.765. The molecule has 0 fully saturated rings. The van der Waals surface area contributed by atoms with Crippen molar-refractivity contribution in [3.05, 3.63) is 33.9 Å². The summed E-state index contributed by atoms with van der Waals surface area (Å²) in [5, 5.41) is 19.5. The molecule has 0 atom stereocenters. The van der Waals surface area contributed by atoms with E-state index in [1.165, 1.54) is 6.07 Å². The lowest BCUT2D eigenvalue weighted by Crippen LogP contribution is -2.03. The highest BCUT2D eigenvalue weighted by molar-refractivity contribution is 14.1. The second-order valence-electron chi connectivity index (χ2n) is 2.91. The number of carbonyl (C=O) groups is 1. The minimum atomic E-state index is -0.634. The predicted molar refractivity (Wildman–Crippen MR) is 72.3 cm³/mol. The van der Waals surface area contributed by atoms with Crippen LogP contribution in [0.25, 0.3) is 0 Å². The molecule has 0 spiro atoms. The Kier molecular flexibility index (Phi) is 4.60. The standard InChI is InChI=1S/C8H7BINO4S/c1-9(10)16-8(13)6-4-5(12)2-3-7(6)11(14)15/h2-4,12H,1H3. The first kappa shape index (κ1) is 13.3. The summed E-state index contributed by atoms with van der Waals surface area (Å²) in [4.78, 5) is 21.7. The zero-order valence-electron chi connectivity index (χ0n) is 8.21. The van der Waals surface area contributed by atoms with Crippen molar-refractivity contribution in [1.29, 1.82) is 0 Å². The van der Waals surface area contributed by atoms with Crippen LogP contribution in [0.4, 0.5) is 5.69 Å². The molecule has 0 bridgehead atoms. The Morgan fingerprint density at radius 1 is 1.62 bits per heavy atom. The molecule has 0 radical (unpaired) electrons. The van der Waals surface area contributed by atoms with Gasteiger partial charge in [0, 0.05) is 6.07 Å². The molecule has 1 N–H and O–H groups in total. The van der Waals surface area contributed by atoms with Crippen LogP contribution in [0.1, 0.15) is 10.4 Å². The summed E-state index contributed by atoms with van der Waals surface area (Å²) in [6.07, 6.45) is 0. The summed E-state index contributed by atoms with van der Waals surface area (Å²) in [7, 11) is 0. The van der Waals surface area contributed by atoms with Crippen LogP contribution in [-0.2, 0) is 0 Å². The minimum absolute atomic E-state index is 0.00653. The molecule has 84 valence electrons. The number of nitro groups is 1. The number of hydrogen-bond donors (Lipinski definition) is 1. The van der Waals surface area contributed by atoms with Gasteiger partial charge in [-0.3, -0.25) is 14.9 Å². The number of rotatable bonds is 3. The van der Waals surface area contributed by atoms with Gasteiger partial charge in [0.25, 0.3) is 9.54 Å². The Balaban J connectivity index is 3.14. The molecule has 8 heteroatoms. The third-order valence-electron chi connectivity index (χ3n) is 1.67. The van der Waals surface area contributed by atoms with Gasteiger partial charge in [-0.1, -0.05) is 6.82 Å². The average Bonchev–Trinajstić information content (AvgIpc) is 2.15. The van der Waals surface area contributed by atoms with Gasteiger partial charge < -0.3 is 5.11 Å². The lowest BCUT2D eigenvalue weighted by atomic mass is 10.2. The van der Waals surface area contributed by atoms with Crippen molar-refractivity contribution in [1.82, 2.24) is 0 Å². The van der Waals surface area contributed by atoms with E-state index in [1.807, 2.05) is 22.4 Å². The number of phenols is 1. The van der Waals surface area contributed by atoms with E-state index in [2.05, 4.69) is 0 Å². The van der Waals surface area contributed by atoms with Gasteiger partial charge in [-0.15, -0.1) is 34.0 Å². The van der Waals surface area contributed by atoms with Crippen LogP contribution in [0.3, 0.4) is 0 Å². The van der Waals surface area contributed by atoms with Gasteiger partial charge in [0.05, 0.1) is 4.92 Å². The van der Waals surface area contributed by atoms with Crippen LogP contribution < -0.4 is 0 Å². The number of phenolic OH excluding ortho intramolecular Hbond substituents is 1. The highest BCUT2D eigenvalue weighted by atomic mass is 127. The molecule has 5 nitrogen and oxygen atoms in total. The second kappa shape index (κ2) is 5.53. The molecule has 1 aromatic rings. The van der Waals surface area contributed by atoms with Crippen molar-refractivity contribution in [2.24, 2.45) is 0 Å². The average molecular weight is 351 g/mol. The number of carbonyl (C=O) groups excluding carboxylic acids is 1. The van der Waals surface area contributed by atoms with E-state index in [1.54, 1.807) is 6.82 Å². The maximum absolute atomic E-state index is 11.7. The van der Waals surface area contributed by atoms with E-state index in [0.29, 0.717) is 0 Å². The molecule has 0 saturated carbocycles. The number of nitro benzene ring substituents is 1. The van der Waals surface area contributed by atoms with Crippen molar-refractivity contribution in [3.8, 4) is 5.75 Å². The van der Waals surface area contributed by atoms with Gasteiger partial charge >= 0.3 is 0 Å². The summed E-state index contributed by atoms with van der Waals surface area (Å²) < 4.78 is 0.00653. The monoisotopic (exact) mass is 351 g/mol. The van der Waals surface area contributed by atoms with Gasteiger partial charge in [-0.25, -0.2) is 0 Å². The third-order valence-corrected chi connectivity index (χ3v) is 3.19. The van der Waals surface area contributed by atoms with Gasteiger partial charge in [0.15, 0.2) is 0 Å². The molecule has 0 amide bonds. The quantitative estimate of drug-likeness (QED) is 0.392. The van der Waals surface area contributed by atoms with Gasteiger partial charge in [-0.2, -0.15) is 0 Å². The SMILES string of the molecule is CB(I)SC(=O)c1cc(O)ccc1[N+](=O)[O-]. The van der Waals surface area contributed by atoms with Crippen LogP contribution in [0.2, 0.25) is 6.82 Å². The van der Waals surface area contributed by atoms with E-state index in [0.717, 1.165) is 23.7 Å². The number of halogens is 1. The maximum Gasteiger partial charge on any atom is 0.288 e. The topological polar surface area (TPSA) is 80.4 Å².